The van der Waals surface area contributed by atoms with Gasteiger partial charge in [0.05, 0.1) is 0 Å². The molecule has 0 aromatic carbocycles. The van der Waals surface area contributed by atoms with E-state index >= 15 is 0 Å². The van der Waals surface area contributed by atoms with E-state index in [4.69, 9.17) is 0 Å². The molecule has 82 valence electrons. The molecule has 0 amide bonds. The number of hydrogen-bond acceptors (Lipinski definition) is 0. The maximum atomic E-state index is 2.35. The molecule has 0 spiro atoms. The van der Waals surface area contributed by atoms with Crippen molar-refractivity contribution in [3.63, 3.8) is 0 Å². The fourth-order valence-electron chi connectivity index (χ4n) is 2.62. The number of hydrogen-bond donors (Lipinski definition) is 0. The first-order valence-electron chi connectivity index (χ1n) is 6.08. The monoisotopic (exact) mass is 332 g/mol. The Bertz CT molecular complexity index is 303. The van der Waals surface area contributed by atoms with Crippen LogP contribution in [0.4, 0.5) is 0 Å². The minimum absolute atomic E-state index is 0.705. The van der Waals surface area contributed by atoms with Gasteiger partial charge in [-0.15, -0.1) is 0 Å². The van der Waals surface area contributed by atoms with Crippen LogP contribution < -0.4 is 0 Å². The first-order valence-corrected chi connectivity index (χ1v) is 7.93. The van der Waals surface area contributed by atoms with E-state index in [1.54, 1.807) is 17.9 Å². The van der Waals surface area contributed by atoms with Crippen molar-refractivity contribution < 1.29 is 39.2 Å². The minimum atomic E-state index is 0.705. The summed E-state index contributed by atoms with van der Waals surface area (Å²) in [5.41, 5.74) is 5.16. The van der Waals surface area contributed by atoms with Crippen LogP contribution in [-0.4, -0.2) is 0 Å². The summed E-state index contributed by atoms with van der Waals surface area (Å²) in [6.45, 7) is 14.1. The van der Waals surface area contributed by atoms with Gasteiger partial charge >= 0.3 is 123 Å². The van der Waals surface area contributed by atoms with Crippen molar-refractivity contribution in [2.24, 2.45) is 17.8 Å². The molecule has 0 atom stereocenters. The van der Waals surface area contributed by atoms with Crippen LogP contribution in [0.3, 0.4) is 0 Å². The predicted octanol–water partition coefficient (Wildman–Crippen LogP) is 4.46. The Morgan fingerprint density at radius 2 is 1.27 bits per heavy atom. The Balaban J connectivity index is 3.19. The Hall–Kier alpha value is 0.844. The molecular formula is C14H23Pr. The van der Waals surface area contributed by atoms with Crippen LogP contribution in [0.1, 0.15) is 48.0 Å². The second kappa shape index (κ2) is 5.45. The van der Waals surface area contributed by atoms with Crippen LogP contribution in [0.15, 0.2) is 17.9 Å². The van der Waals surface area contributed by atoms with Crippen LogP contribution in [-0.2, 0) is 0 Å². The summed E-state index contributed by atoms with van der Waals surface area (Å²) in [6, 6.07) is 0. The fraction of sp³-hybridized carbons (Fsp3) is 0.714. The SMILES string of the molecule is CC(C)C1=C(C(C)C)C(C(C)C)=[C]([Pr])C1. The average molecular weight is 332 g/mol. The zero-order chi connectivity index (χ0) is 11.7. The molecule has 1 aliphatic rings. The van der Waals surface area contributed by atoms with Gasteiger partial charge in [0.2, 0.25) is 0 Å². The van der Waals surface area contributed by atoms with E-state index < -0.39 is 0 Å². The van der Waals surface area contributed by atoms with Crippen molar-refractivity contribution >= 4 is 0 Å². The molecule has 0 saturated carbocycles. The maximum absolute atomic E-state index is 2.35. The van der Waals surface area contributed by atoms with E-state index in [-0.39, 0.29) is 0 Å². The first-order chi connectivity index (χ1) is 6.86. The quantitative estimate of drug-likeness (QED) is 0.716. The van der Waals surface area contributed by atoms with Crippen molar-refractivity contribution in [1.82, 2.24) is 0 Å². The molecule has 0 saturated heterocycles. The van der Waals surface area contributed by atoms with E-state index in [1.807, 2.05) is 0 Å². The molecule has 0 aromatic heterocycles. The van der Waals surface area contributed by atoms with Gasteiger partial charge in [0, 0.05) is 0 Å². The van der Waals surface area contributed by atoms with E-state index in [1.165, 1.54) is 6.42 Å². The molecule has 1 heteroatoms. The van der Waals surface area contributed by atoms with Gasteiger partial charge < -0.3 is 0 Å². The Morgan fingerprint density at radius 3 is 1.60 bits per heavy atom. The van der Waals surface area contributed by atoms with Gasteiger partial charge in [-0.3, -0.25) is 0 Å². The Kier molecular flexibility index (Phi) is 5.05. The molecule has 0 bridgehead atoms. The van der Waals surface area contributed by atoms with Crippen molar-refractivity contribution in [2.45, 2.75) is 48.0 Å². The van der Waals surface area contributed by atoms with Gasteiger partial charge in [0.15, 0.2) is 0 Å². The van der Waals surface area contributed by atoms with Gasteiger partial charge in [-0.05, 0) is 0 Å². The summed E-state index contributed by atoms with van der Waals surface area (Å²) in [4.78, 5) is 0. The molecule has 15 heavy (non-hydrogen) atoms. The van der Waals surface area contributed by atoms with Crippen molar-refractivity contribution in [3.05, 3.63) is 17.9 Å². The van der Waals surface area contributed by atoms with Crippen LogP contribution in [0.5, 0.6) is 0 Å². The van der Waals surface area contributed by atoms with Gasteiger partial charge in [-0.25, -0.2) is 0 Å². The third-order valence-electron chi connectivity index (χ3n) is 3.21. The number of rotatable bonds is 3. The zero-order valence-electron chi connectivity index (χ0n) is 11.0. The van der Waals surface area contributed by atoms with Crippen molar-refractivity contribution in [1.29, 1.82) is 0 Å². The molecule has 0 aliphatic heterocycles. The third-order valence-corrected chi connectivity index (χ3v) is 4.87. The molecule has 0 N–H and O–H groups in total. The number of allylic oxidation sites excluding steroid dienone is 4. The van der Waals surface area contributed by atoms with Crippen molar-refractivity contribution in [2.75, 3.05) is 0 Å². The molecule has 0 aromatic rings. The topological polar surface area (TPSA) is 0 Å². The van der Waals surface area contributed by atoms with Gasteiger partial charge in [-0.2, -0.15) is 0 Å². The molecule has 0 nitrogen and oxygen atoms in total. The molecule has 0 radical (unpaired) electrons. The second-order valence-corrected chi connectivity index (χ2v) is 7.75. The second-order valence-electron chi connectivity index (χ2n) is 5.52. The normalized spacial score (nSPS) is 17.9. The van der Waals surface area contributed by atoms with Crippen LogP contribution >= 0.6 is 0 Å². The molecular weight excluding hydrogens is 309 g/mol. The summed E-state index contributed by atoms with van der Waals surface area (Å²) in [5.74, 6) is 2.15. The third kappa shape index (κ3) is 2.94. The summed E-state index contributed by atoms with van der Waals surface area (Å²) >= 11 is 1.03. The van der Waals surface area contributed by atoms with Crippen LogP contribution in [0.25, 0.3) is 0 Å². The molecule has 0 heterocycles. The van der Waals surface area contributed by atoms with Gasteiger partial charge in [0.1, 0.15) is 0 Å². The summed E-state index contributed by atoms with van der Waals surface area (Å²) in [5, 5.41) is 0. The van der Waals surface area contributed by atoms with E-state index in [9.17, 15) is 0 Å². The summed E-state index contributed by atoms with van der Waals surface area (Å²) in [7, 11) is 0. The van der Waals surface area contributed by atoms with E-state index in [0.717, 1.165) is 51.0 Å². The average Bonchev–Trinajstić information content (AvgIpc) is 2.42. The predicted molar refractivity (Wildman–Crippen MR) is 63.2 cm³/mol. The fourth-order valence-corrected chi connectivity index (χ4v) is 4.89. The molecule has 1 aliphatic carbocycles. The molecule has 1 rings (SSSR count). The summed E-state index contributed by atoms with van der Waals surface area (Å²) < 4.78 is 1.78. The molecule has 0 unspecified atom stereocenters. The van der Waals surface area contributed by atoms with E-state index in [2.05, 4.69) is 41.5 Å². The van der Waals surface area contributed by atoms with E-state index in [0.29, 0.717) is 5.92 Å². The van der Waals surface area contributed by atoms with Gasteiger partial charge in [0.25, 0.3) is 0 Å². The molecule has 0 fully saturated rings. The van der Waals surface area contributed by atoms with Crippen molar-refractivity contribution in [3.8, 4) is 0 Å². The Morgan fingerprint density at radius 1 is 0.800 bits per heavy atom. The first kappa shape index (κ1) is 13.9. The Labute approximate surface area is 122 Å². The standard InChI is InChI=1S/C14H23.Pr/c1-9(2)12-7-8-13(10(3)4)14(12)11(5)6;/h9-11H,7H2,1-6H3;. The van der Waals surface area contributed by atoms with Crippen LogP contribution in [0.2, 0.25) is 0 Å². The summed E-state index contributed by atoms with van der Waals surface area (Å²) in [6.07, 6.45) is 1.30. The van der Waals surface area contributed by atoms with Gasteiger partial charge in [-0.1, -0.05) is 0 Å². The van der Waals surface area contributed by atoms with Crippen LogP contribution in [0, 0.1) is 57.0 Å². The zero-order valence-corrected chi connectivity index (χ0v) is 14.7.